The summed E-state index contributed by atoms with van der Waals surface area (Å²) in [6.07, 6.45) is 0. The summed E-state index contributed by atoms with van der Waals surface area (Å²) in [5.41, 5.74) is 1.32. The van der Waals surface area contributed by atoms with Crippen molar-refractivity contribution >= 4 is 28.9 Å². The maximum atomic E-state index is 13.5. The zero-order chi connectivity index (χ0) is 17.0. The first-order valence-corrected chi connectivity index (χ1v) is 7.11. The maximum Gasteiger partial charge on any atom is 0.243 e. The van der Waals surface area contributed by atoms with Gasteiger partial charge in [-0.1, -0.05) is 11.6 Å². The van der Waals surface area contributed by atoms with Crippen LogP contribution in [0.25, 0.3) is 0 Å². The van der Waals surface area contributed by atoms with Crippen molar-refractivity contribution in [1.29, 1.82) is 0 Å². The molecule has 0 radical (unpaired) electrons. The third kappa shape index (κ3) is 4.32. The average molecular weight is 341 g/mol. The van der Waals surface area contributed by atoms with Crippen LogP contribution < -0.4 is 15.4 Å². The molecular weight excluding hydrogens is 326 g/mol. The van der Waals surface area contributed by atoms with E-state index in [1.165, 1.54) is 7.11 Å². The number of anilines is 2. The molecule has 2 aromatic rings. The van der Waals surface area contributed by atoms with Gasteiger partial charge in [-0.05, 0) is 30.7 Å². The van der Waals surface area contributed by atoms with Crippen LogP contribution in [0.2, 0.25) is 5.02 Å². The highest BCUT2D eigenvalue weighted by molar-refractivity contribution is 6.31. The van der Waals surface area contributed by atoms with Crippen molar-refractivity contribution in [3.63, 3.8) is 0 Å². The van der Waals surface area contributed by atoms with Crippen LogP contribution in [0.3, 0.4) is 0 Å². The number of carbonyl (C=O) groups is 1. The van der Waals surface area contributed by atoms with Crippen molar-refractivity contribution in [2.75, 3.05) is 24.3 Å². The lowest BCUT2D eigenvalue weighted by Crippen LogP contribution is -2.22. The van der Waals surface area contributed by atoms with Gasteiger partial charge in [-0.25, -0.2) is 8.78 Å². The third-order valence-electron chi connectivity index (χ3n) is 3.13. The van der Waals surface area contributed by atoms with E-state index >= 15 is 0 Å². The van der Waals surface area contributed by atoms with E-state index < -0.39 is 17.5 Å². The van der Waals surface area contributed by atoms with Crippen LogP contribution in [0, 0.1) is 18.6 Å². The monoisotopic (exact) mass is 340 g/mol. The van der Waals surface area contributed by atoms with E-state index in [2.05, 4.69) is 10.6 Å². The fourth-order valence-corrected chi connectivity index (χ4v) is 2.08. The Hall–Kier alpha value is -2.34. The molecule has 0 saturated carbocycles. The number of hydrogen-bond acceptors (Lipinski definition) is 3. The van der Waals surface area contributed by atoms with Gasteiger partial charge in [0.15, 0.2) is 0 Å². The molecule has 2 rings (SSSR count). The molecular formula is C16H15ClF2N2O2. The van der Waals surface area contributed by atoms with Crippen molar-refractivity contribution in [3.8, 4) is 5.75 Å². The molecule has 0 atom stereocenters. The van der Waals surface area contributed by atoms with Crippen molar-refractivity contribution in [2.24, 2.45) is 0 Å². The highest BCUT2D eigenvalue weighted by Gasteiger charge is 2.11. The summed E-state index contributed by atoms with van der Waals surface area (Å²) in [5.74, 6) is -1.54. The van der Waals surface area contributed by atoms with Gasteiger partial charge >= 0.3 is 0 Å². The number of hydrogen-bond donors (Lipinski definition) is 2. The quantitative estimate of drug-likeness (QED) is 0.865. The highest BCUT2D eigenvalue weighted by Crippen LogP contribution is 2.30. The van der Waals surface area contributed by atoms with Crippen LogP contribution in [0.4, 0.5) is 20.2 Å². The van der Waals surface area contributed by atoms with Gasteiger partial charge in [0.05, 0.1) is 25.0 Å². The number of ether oxygens (including phenoxy) is 1. The molecule has 0 bridgehead atoms. The largest absolute Gasteiger partial charge is 0.495 e. The van der Waals surface area contributed by atoms with Crippen molar-refractivity contribution in [1.82, 2.24) is 0 Å². The lowest BCUT2D eigenvalue weighted by molar-refractivity contribution is -0.114. The number of nitrogens with one attached hydrogen (secondary N) is 2. The molecule has 122 valence electrons. The summed E-state index contributed by atoms with van der Waals surface area (Å²) in [6.45, 7) is 1.70. The molecule has 7 heteroatoms. The highest BCUT2D eigenvalue weighted by atomic mass is 35.5. The first kappa shape index (κ1) is 17.0. The van der Waals surface area contributed by atoms with Crippen LogP contribution in [0.5, 0.6) is 5.75 Å². The van der Waals surface area contributed by atoms with Gasteiger partial charge in [0.25, 0.3) is 0 Å². The lowest BCUT2D eigenvalue weighted by atomic mass is 10.2. The molecule has 0 unspecified atom stereocenters. The fraction of sp³-hybridized carbons (Fsp3) is 0.188. The molecule has 0 aromatic heterocycles. The maximum absolute atomic E-state index is 13.5. The van der Waals surface area contributed by atoms with E-state index in [4.69, 9.17) is 16.3 Å². The van der Waals surface area contributed by atoms with Crippen molar-refractivity contribution in [3.05, 3.63) is 52.6 Å². The Morgan fingerprint density at radius 3 is 2.61 bits per heavy atom. The number of aryl methyl sites for hydroxylation is 1. The Morgan fingerprint density at radius 1 is 1.22 bits per heavy atom. The Labute approximate surface area is 137 Å². The van der Waals surface area contributed by atoms with E-state index in [-0.39, 0.29) is 12.2 Å². The predicted molar refractivity (Wildman–Crippen MR) is 86.2 cm³/mol. The number of rotatable bonds is 5. The molecule has 2 N–H and O–H groups in total. The minimum Gasteiger partial charge on any atom is -0.495 e. The molecule has 2 aromatic carbocycles. The molecule has 0 fully saturated rings. The number of benzene rings is 2. The summed E-state index contributed by atoms with van der Waals surface area (Å²) in [5, 5.41) is 5.80. The fourth-order valence-electron chi connectivity index (χ4n) is 1.93. The smallest absolute Gasteiger partial charge is 0.243 e. The van der Waals surface area contributed by atoms with Gasteiger partial charge < -0.3 is 15.4 Å². The minimum atomic E-state index is -0.835. The zero-order valence-corrected chi connectivity index (χ0v) is 13.3. The number of methoxy groups -OCH3 is 1. The summed E-state index contributed by atoms with van der Waals surface area (Å²) in [4.78, 5) is 11.9. The van der Waals surface area contributed by atoms with Crippen molar-refractivity contribution in [2.45, 2.75) is 6.92 Å². The van der Waals surface area contributed by atoms with Crippen LogP contribution >= 0.6 is 11.6 Å². The first-order chi connectivity index (χ1) is 10.9. The molecule has 0 spiro atoms. The summed E-state index contributed by atoms with van der Waals surface area (Å²) < 4.78 is 31.5. The number of carbonyl (C=O) groups excluding carboxylic acids is 1. The Kier molecular flexibility index (Phi) is 5.39. The van der Waals surface area contributed by atoms with E-state index in [9.17, 15) is 13.6 Å². The molecule has 0 aliphatic rings. The molecule has 0 heterocycles. The second kappa shape index (κ2) is 7.28. The number of amides is 1. The van der Waals surface area contributed by atoms with Crippen LogP contribution in [-0.2, 0) is 4.79 Å². The molecule has 1 amide bonds. The van der Waals surface area contributed by atoms with E-state index in [1.807, 2.05) is 6.92 Å². The number of halogens is 3. The van der Waals surface area contributed by atoms with Gasteiger partial charge in [0, 0.05) is 17.2 Å². The normalized spacial score (nSPS) is 10.3. The lowest BCUT2D eigenvalue weighted by Gasteiger charge is -2.13. The molecule has 4 nitrogen and oxygen atoms in total. The molecule has 0 aliphatic heterocycles. The van der Waals surface area contributed by atoms with Crippen LogP contribution in [0.1, 0.15) is 5.56 Å². The van der Waals surface area contributed by atoms with Gasteiger partial charge in [-0.15, -0.1) is 0 Å². The standard InChI is InChI=1S/C16H15ClF2N2O2/c1-9-5-14(15(23-2)7-11(9)17)20-8-16(22)21-13-4-3-10(18)6-12(13)19/h3-7,20H,8H2,1-2H3,(H,21,22). The van der Waals surface area contributed by atoms with Crippen LogP contribution in [0.15, 0.2) is 30.3 Å². The second-order valence-electron chi connectivity index (χ2n) is 4.83. The predicted octanol–water partition coefficient (Wildman–Crippen LogP) is 3.99. The molecule has 0 saturated heterocycles. The van der Waals surface area contributed by atoms with E-state index in [1.54, 1.807) is 12.1 Å². The van der Waals surface area contributed by atoms with E-state index in [0.717, 1.165) is 17.7 Å². The topological polar surface area (TPSA) is 50.4 Å². The molecule has 23 heavy (non-hydrogen) atoms. The second-order valence-corrected chi connectivity index (χ2v) is 5.23. The van der Waals surface area contributed by atoms with Gasteiger partial charge in [0.1, 0.15) is 17.4 Å². The zero-order valence-electron chi connectivity index (χ0n) is 12.5. The van der Waals surface area contributed by atoms with Gasteiger partial charge in [-0.2, -0.15) is 0 Å². The van der Waals surface area contributed by atoms with E-state index in [0.29, 0.717) is 22.5 Å². The summed E-state index contributed by atoms with van der Waals surface area (Å²) in [6, 6.07) is 6.31. The minimum absolute atomic E-state index is 0.0857. The molecule has 0 aliphatic carbocycles. The summed E-state index contributed by atoms with van der Waals surface area (Å²) >= 11 is 6.01. The Morgan fingerprint density at radius 2 is 1.96 bits per heavy atom. The SMILES string of the molecule is COc1cc(Cl)c(C)cc1NCC(=O)Nc1ccc(F)cc1F. The van der Waals surface area contributed by atoms with Crippen LogP contribution in [-0.4, -0.2) is 19.6 Å². The first-order valence-electron chi connectivity index (χ1n) is 6.73. The van der Waals surface area contributed by atoms with Crippen molar-refractivity contribution < 1.29 is 18.3 Å². The average Bonchev–Trinajstić information content (AvgIpc) is 2.50. The summed E-state index contributed by atoms with van der Waals surface area (Å²) in [7, 11) is 1.49. The van der Waals surface area contributed by atoms with Gasteiger partial charge in [-0.3, -0.25) is 4.79 Å². The van der Waals surface area contributed by atoms with Gasteiger partial charge in [0.2, 0.25) is 5.91 Å². The Balaban J connectivity index is 2.03. The third-order valence-corrected chi connectivity index (χ3v) is 3.53. The Bertz CT molecular complexity index is 738.